The van der Waals surface area contributed by atoms with Gasteiger partial charge in [0.15, 0.2) is 0 Å². The predicted molar refractivity (Wildman–Crippen MR) is 63.5 cm³/mol. The highest BCUT2D eigenvalue weighted by Gasteiger charge is 2.13. The quantitative estimate of drug-likeness (QED) is 0.752. The van der Waals surface area contributed by atoms with Crippen LogP contribution in [0.25, 0.3) is 0 Å². The van der Waals surface area contributed by atoms with E-state index in [1.54, 1.807) is 25.3 Å². The van der Waals surface area contributed by atoms with Crippen LogP contribution < -0.4 is 5.73 Å². The third-order valence-electron chi connectivity index (χ3n) is 2.13. The van der Waals surface area contributed by atoms with E-state index in [2.05, 4.69) is 4.98 Å². The van der Waals surface area contributed by atoms with E-state index < -0.39 is 5.97 Å². The first-order chi connectivity index (χ1) is 8.17. The first kappa shape index (κ1) is 13.6. The second-order valence-corrected chi connectivity index (χ2v) is 3.63. The number of hydrogen-bond donors (Lipinski definition) is 1. The third-order valence-corrected chi connectivity index (χ3v) is 2.13. The van der Waals surface area contributed by atoms with Crippen molar-refractivity contribution in [3.05, 3.63) is 29.6 Å². The molecule has 1 aromatic rings. The average molecular weight is 238 g/mol. The van der Waals surface area contributed by atoms with Gasteiger partial charge in [-0.2, -0.15) is 0 Å². The zero-order chi connectivity index (χ0) is 12.7. The Balaban J connectivity index is 2.51. The number of rotatable bonds is 6. The number of hydrogen-bond acceptors (Lipinski definition) is 5. The SMILES string of the molecule is CCOCC(C)OC(=O)c1ccc(CN)cn1. The maximum absolute atomic E-state index is 11.6. The summed E-state index contributed by atoms with van der Waals surface area (Å²) in [5.41, 5.74) is 6.60. The largest absolute Gasteiger partial charge is 0.455 e. The van der Waals surface area contributed by atoms with E-state index >= 15 is 0 Å². The van der Waals surface area contributed by atoms with Crippen molar-refractivity contribution in [2.75, 3.05) is 13.2 Å². The molecule has 0 aliphatic rings. The normalized spacial score (nSPS) is 12.2. The molecule has 2 N–H and O–H groups in total. The monoisotopic (exact) mass is 238 g/mol. The molecule has 1 heterocycles. The Bertz CT molecular complexity index is 351. The van der Waals surface area contributed by atoms with Crippen molar-refractivity contribution in [1.82, 2.24) is 4.98 Å². The molecule has 0 spiro atoms. The number of nitrogens with zero attached hydrogens (tertiary/aromatic N) is 1. The van der Waals surface area contributed by atoms with Gasteiger partial charge in [-0.25, -0.2) is 9.78 Å². The molecular weight excluding hydrogens is 220 g/mol. The molecule has 0 radical (unpaired) electrons. The average Bonchev–Trinajstić information content (AvgIpc) is 2.36. The van der Waals surface area contributed by atoms with Crippen LogP contribution in [0.2, 0.25) is 0 Å². The summed E-state index contributed by atoms with van der Waals surface area (Å²) >= 11 is 0. The minimum absolute atomic E-state index is 0.279. The summed E-state index contributed by atoms with van der Waals surface area (Å²) in [7, 11) is 0. The van der Waals surface area contributed by atoms with Gasteiger partial charge in [-0.15, -0.1) is 0 Å². The van der Waals surface area contributed by atoms with Gasteiger partial charge in [0.05, 0.1) is 6.61 Å². The first-order valence-electron chi connectivity index (χ1n) is 5.61. The highest BCUT2D eigenvalue weighted by Crippen LogP contribution is 2.03. The summed E-state index contributed by atoms with van der Waals surface area (Å²) in [5.74, 6) is -0.444. The molecule has 0 amide bonds. The standard InChI is InChI=1S/C12H18N2O3/c1-3-16-8-9(2)17-12(15)11-5-4-10(6-13)7-14-11/h4-5,7,9H,3,6,8,13H2,1-2H3. The Kier molecular flexibility index (Phi) is 5.59. The van der Waals surface area contributed by atoms with Crippen LogP contribution >= 0.6 is 0 Å². The summed E-state index contributed by atoms with van der Waals surface area (Å²) in [6.07, 6.45) is 1.29. The maximum atomic E-state index is 11.6. The zero-order valence-electron chi connectivity index (χ0n) is 10.2. The van der Waals surface area contributed by atoms with Crippen molar-refractivity contribution in [1.29, 1.82) is 0 Å². The van der Waals surface area contributed by atoms with Crippen LogP contribution in [-0.4, -0.2) is 30.3 Å². The molecule has 94 valence electrons. The third kappa shape index (κ3) is 4.50. The van der Waals surface area contributed by atoms with Crippen LogP contribution in [0.4, 0.5) is 0 Å². The summed E-state index contributed by atoms with van der Waals surface area (Å²) in [4.78, 5) is 15.6. The zero-order valence-corrected chi connectivity index (χ0v) is 10.2. The Labute approximate surface area is 101 Å². The molecule has 1 aromatic heterocycles. The van der Waals surface area contributed by atoms with E-state index in [4.69, 9.17) is 15.2 Å². The van der Waals surface area contributed by atoms with E-state index in [1.165, 1.54) is 0 Å². The topological polar surface area (TPSA) is 74.4 Å². The minimum Gasteiger partial charge on any atom is -0.455 e. The van der Waals surface area contributed by atoms with Crippen LogP contribution in [0.3, 0.4) is 0 Å². The molecule has 1 atom stereocenters. The maximum Gasteiger partial charge on any atom is 0.357 e. The molecule has 0 aliphatic heterocycles. The van der Waals surface area contributed by atoms with Gasteiger partial charge >= 0.3 is 5.97 Å². The lowest BCUT2D eigenvalue weighted by atomic mass is 10.2. The number of pyridine rings is 1. The molecule has 5 nitrogen and oxygen atoms in total. The lowest BCUT2D eigenvalue weighted by molar-refractivity contribution is 0.00387. The van der Waals surface area contributed by atoms with Crippen molar-refractivity contribution in [2.24, 2.45) is 5.73 Å². The smallest absolute Gasteiger partial charge is 0.357 e. The number of esters is 1. The lowest BCUT2D eigenvalue weighted by Gasteiger charge is -2.12. The molecule has 1 unspecified atom stereocenters. The van der Waals surface area contributed by atoms with Crippen molar-refractivity contribution in [3.8, 4) is 0 Å². The second-order valence-electron chi connectivity index (χ2n) is 3.63. The van der Waals surface area contributed by atoms with Gasteiger partial charge in [-0.3, -0.25) is 0 Å². The molecule has 0 aromatic carbocycles. The molecule has 0 fully saturated rings. The Morgan fingerprint density at radius 2 is 2.29 bits per heavy atom. The van der Waals surface area contributed by atoms with Gasteiger partial charge in [0.1, 0.15) is 11.8 Å². The summed E-state index contributed by atoms with van der Waals surface area (Å²) in [6.45, 7) is 5.07. The van der Waals surface area contributed by atoms with Gasteiger partial charge < -0.3 is 15.2 Å². The van der Waals surface area contributed by atoms with E-state index in [0.29, 0.717) is 19.8 Å². The minimum atomic E-state index is -0.444. The van der Waals surface area contributed by atoms with Crippen LogP contribution in [0.5, 0.6) is 0 Å². The predicted octanol–water partition coefficient (Wildman–Crippen LogP) is 1.12. The van der Waals surface area contributed by atoms with Gasteiger partial charge in [-0.1, -0.05) is 6.07 Å². The highest BCUT2D eigenvalue weighted by molar-refractivity contribution is 5.87. The van der Waals surface area contributed by atoms with E-state index in [1.807, 2.05) is 6.92 Å². The Hall–Kier alpha value is -1.46. The fourth-order valence-electron chi connectivity index (χ4n) is 1.23. The lowest BCUT2D eigenvalue weighted by Crippen LogP contribution is -2.21. The van der Waals surface area contributed by atoms with Crippen molar-refractivity contribution >= 4 is 5.97 Å². The molecule has 0 saturated carbocycles. The Morgan fingerprint density at radius 1 is 1.53 bits per heavy atom. The van der Waals surface area contributed by atoms with Crippen LogP contribution in [0, 0.1) is 0 Å². The first-order valence-corrected chi connectivity index (χ1v) is 5.61. The van der Waals surface area contributed by atoms with Gasteiger partial charge in [0.25, 0.3) is 0 Å². The molecule has 17 heavy (non-hydrogen) atoms. The summed E-state index contributed by atoms with van der Waals surface area (Å²) in [5, 5.41) is 0. The Morgan fingerprint density at radius 3 is 2.82 bits per heavy atom. The molecule has 1 rings (SSSR count). The molecule has 0 saturated heterocycles. The molecule has 5 heteroatoms. The van der Waals surface area contributed by atoms with Crippen LogP contribution in [0.1, 0.15) is 29.9 Å². The molecule has 0 bridgehead atoms. The van der Waals surface area contributed by atoms with Crippen molar-refractivity contribution in [2.45, 2.75) is 26.5 Å². The van der Waals surface area contributed by atoms with E-state index in [9.17, 15) is 4.79 Å². The van der Waals surface area contributed by atoms with Crippen molar-refractivity contribution in [3.63, 3.8) is 0 Å². The van der Waals surface area contributed by atoms with E-state index in [-0.39, 0.29) is 11.8 Å². The fourth-order valence-corrected chi connectivity index (χ4v) is 1.23. The summed E-state index contributed by atoms with van der Waals surface area (Å²) < 4.78 is 10.3. The van der Waals surface area contributed by atoms with Crippen LogP contribution in [0.15, 0.2) is 18.3 Å². The number of nitrogens with two attached hydrogens (primary N) is 1. The highest BCUT2D eigenvalue weighted by atomic mass is 16.6. The number of carbonyl (C=O) groups is 1. The van der Waals surface area contributed by atoms with Gasteiger partial charge in [0.2, 0.25) is 0 Å². The number of carbonyl (C=O) groups excluding carboxylic acids is 1. The van der Waals surface area contributed by atoms with E-state index in [0.717, 1.165) is 5.56 Å². The van der Waals surface area contributed by atoms with Gasteiger partial charge in [0, 0.05) is 19.3 Å². The molecular formula is C12H18N2O3. The second kappa shape index (κ2) is 6.98. The van der Waals surface area contributed by atoms with Crippen molar-refractivity contribution < 1.29 is 14.3 Å². The molecule has 0 aliphatic carbocycles. The number of ether oxygens (including phenoxy) is 2. The van der Waals surface area contributed by atoms with Gasteiger partial charge in [-0.05, 0) is 25.5 Å². The number of aromatic nitrogens is 1. The summed E-state index contributed by atoms with van der Waals surface area (Å²) in [6, 6.07) is 3.37. The fraction of sp³-hybridized carbons (Fsp3) is 0.500. The van der Waals surface area contributed by atoms with Crippen LogP contribution in [-0.2, 0) is 16.0 Å².